The number of hydrogen-bond acceptors (Lipinski definition) is 2. The molecule has 0 fully saturated rings. The van der Waals surface area contributed by atoms with Gasteiger partial charge in [0.05, 0.1) is 11.6 Å². The molecule has 0 saturated heterocycles. The van der Waals surface area contributed by atoms with Crippen LogP contribution in [0.1, 0.15) is 13.3 Å². The van der Waals surface area contributed by atoms with Crippen molar-refractivity contribution in [2.24, 2.45) is 5.40 Å². The van der Waals surface area contributed by atoms with Gasteiger partial charge in [0, 0.05) is 0 Å². The zero-order valence-corrected chi connectivity index (χ0v) is 7.31. The number of nitriles is 1. The molecular formula is C6H14N2Si. The summed E-state index contributed by atoms with van der Waals surface area (Å²) in [5, 5.41) is 14.4. The number of nitrogens with zero attached hydrogens (tertiary/aromatic N) is 1. The van der Waals surface area contributed by atoms with E-state index in [9.17, 15) is 0 Å². The van der Waals surface area contributed by atoms with E-state index in [0.29, 0.717) is 0 Å². The summed E-state index contributed by atoms with van der Waals surface area (Å²) in [5.74, 6) is 0. The molecule has 0 saturated carbocycles. The topological polar surface area (TPSA) is 49.8 Å². The molecule has 0 aliphatic rings. The number of rotatable bonds is 2. The first-order valence-corrected chi connectivity index (χ1v) is 6.36. The van der Waals surface area contributed by atoms with Crippen molar-refractivity contribution in [3.05, 3.63) is 0 Å². The van der Waals surface area contributed by atoms with Crippen molar-refractivity contribution in [2.45, 2.75) is 32.0 Å². The molecule has 0 spiro atoms. The van der Waals surface area contributed by atoms with Crippen molar-refractivity contribution in [2.75, 3.05) is 0 Å². The maximum Gasteiger partial charge on any atom is 0.134 e. The lowest BCUT2D eigenvalue weighted by Gasteiger charge is -2.19. The van der Waals surface area contributed by atoms with Crippen LogP contribution in [0.25, 0.3) is 0 Å². The Kier molecular flexibility index (Phi) is 2.88. The summed E-state index contributed by atoms with van der Waals surface area (Å²) in [6, 6.07) is 2.23. The van der Waals surface area contributed by atoms with E-state index in [1.165, 1.54) is 0 Å². The molecular weight excluding hydrogens is 128 g/mol. The Morgan fingerprint density at radius 3 is 2.11 bits per heavy atom. The molecule has 3 heteroatoms. The van der Waals surface area contributed by atoms with Crippen molar-refractivity contribution in [1.82, 2.24) is 0 Å². The molecule has 2 N–H and O–H groups in total. The molecule has 1 unspecified atom stereocenters. The summed E-state index contributed by atoms with van der Waals surface area (Å²) in [6.45, 7) is 6.05. The maximum atomic E-state index is 8.57. The van der Waals surface area contributed by atoms with Gasteiger partial charge in [0.15, 0.2) is 0 Å². The van der Waals surface area contributed by atoms with E-state index in [4.69, 9.17) is 10.7 Å². The van der Waals surface area contributed by atoms with E-state index >= 15 is 0 Å². The van der Waals surface area contributed by atoms with Crippen molar-refractivity contribution < 1.29 is 0 Å². The van der Waals surface area contributed by atoms with Crippen LogP contribution in [-0.2, 0) is 0 Å². The van der Waals surface area contributed by atoms with Crippen LogP contribution in [0, 0.1) is 11.3 Å². The highest BCUT2D eigenvalue weighted by Gasteiger charge is 2.25. The lowest BCUT2D eigenvalue weighted by atomic mass is 10.4. The van der Waals surface area contributed by atoms with Gasteiger partial charge >= 0.3 is 0 Å². The van der Waals surface area contributed by atoms with Crippen molar-refractivity contribution >= 4 is 8.24 Å². The third-order valence-electron chi connectivity index (χ3n) is 1.46. The summed E-state index contributed by atoms with van der Waals surface area (Å²) < 4.78 is 0. The fourth-order valence-electron chi connectivity index (χ4n) is 0.784. The SMILES string of the molecule is CCC(C#N)[Si](C)(C)N. The molecule has 0 radical (unpaired) electrons. The lowest BCUT2D eigenvalue weighted by molar-refractivity contribution is 0.919. The van der Waals surface area contributed by atoms with E-state index in [1.54, 1.807) is 0 Å². The highest BCUT2D eigenvalue weighted by Crippen LogP contribution is 2.18. The summed E-state index contributed by atoms with van der Waals surface area (Å²) in [7, 11) is -1.65. The minimum atomic E-state index is -1.65. The second kappa shape index (κ2) is 2.99. The van der Waals surface area contributed by atoms with Crippen molar-refractivity contribution in [3.8, 4) is 6.07 Å². The first-order valence-electron chi connectivity index (χ1n) is 3.20. The fraction of sp³-hybridized carbons (Fsp3) is 0.833. The molecule has 0 aromatic rings. The highest BCUT2D eigenvalue weighted by atomic mass is 28.3. The average molecular weight is 142 g/mol. The minimum absolute atomic E-state index is 0.123. The predicted molar refractivity (Wildman–Crippen MR) is 41.3 cm³/mol. The van der Waals surface area contributed by atoms with Crippen LogP contribution in [-0.4, -0.2) is 8.24 Å². The summed E-state index contributed by atoms with van der Waals surface area (Å²) in [4.78, 5) is 0. The Bertz CT molecular complexity index is 120. The smallest absolute Gasteiger partial charge is 0.134 e. The van der Waals surface area contributed by atoms with E-state index in [0.717, 1.165) is 6.42 Å². The van der Waals surface area contributed by atoms with Crippen molar-refractivity contribution in [3.63, 3.8) is 0 Å². The molecule has 9 heavy (non-hydrogen) atoms. The van der Waals surface area contributed by atoms with Gasteiger partial charge in [0.1, 0.15) is 8.24 Å². The Morgan fingerprint density at radius 1 is 1.67 bits per heavy atom. The number of nitrogens with two attached hydrogens (primary N) is 1. The Balaban J connectivity index is 4.00. The molecule has 0 bridgehead atoms. The molecule has 0 aliphatic heterocycles. The Labute approximate surface area is 57.8 Å². The monoisotopic (exact) mass is 142 g/mol. The third kappa shape index (κ3) is 2.63. The molecule has 0 aliphatic carbocycles. The van der Waals surface area contributed by atoms with Gasteiger partial charge in [-0.05, 0) is 6.42 Å². The van der Waals surface area contributed by atoms with Crippen LogP contribution in [0.3, 0.4) is 0 Å². The van der Waals surface area contributed by atoms with Gasteiger partial charge in [-0.3, -0.25) is 0 Å². The summed E-state index contributed by atoms with van der Waals surface area (Å²) >= 11 is 0. The van der Waals surface area contributed by atoms with Gasteiger partial charge in [-0.25, -0.2) is 0 Å². The van der Waals surface area contributed by atoms with Gasteiger partial charge in [0.2, 0.25) is 0 Å². The Morgan fingerprint density at radius 2 is 2.11 bits per heavy atom. The largest absolute Gasteiger partial charge is 0.350 e. The van der Waals surface area contributed by atoms with Gasteiger partial charge in [-0.15, -0.1) is 0 Å². The van der Waals surface area contributed by atoms with Crippen LogP contribution in [0.4, 0.5) is 0 Å². The van der Waals surface area contributed by atoms with Crippen LogP contribution in [0.2, 0.25) is 18.6 Å². The van der Waals surface area contributed by atoms with E-state index < -0.39 is 8.24 Å². The van der Waals surface area contributed by atoms with Crippen LogP contribution in [0.5, 0.6) is 0 Å². The zero-order chi connectivity index (χ0) is 7.49. The molecule has 0 amide bonds. The average Bonchev–Trinajstić information content (AvgIpc) is 1.65. The van der Waals surface area contributed by atoms with E-state index in [2.05, 4.69) is 6.07 Å². The normalized spacial score (nSPS) is 14.6. The van der Waals surface area contributed by atoms with Crippen LogP contribution < -0.4 is 5.40 Å². The molecule has 52 valence electrons. The van der Waals surface area contributed by atoms with E-state index in [-0.39, 0.29) is 5.54 Å². The van der Waals surface area contributed by atoms with Crippen LogP contribution >= 0.6 is 0 Å². The third-order valence-corrected chi connectivity index (χ3v) is 3.80. The molecule has 1 atom stereocenters. The predicted octanol–water partition coefficient (Wildman–Crippen LogP) is 1.45. The standard InChI is InChI=1S/C6H14N2Si/c1-4-6(5-7)9(2,3)8/h6H,4,8H2,1-3H3. The molecule has 2 nitrogen and oxygen atoms in total. The summed E-state index contributed by atoms with van der Waals surface area (Å²) in [5.41, 5.74) is 0.123. The maximum absolute atomic E-state index is 8.57. The lowest BCUT2D eigenvalue weighted by Crippen LogP contribution is -2.42. The van der Waals surface area contributed by atoms with Crippen molar-refractivity contribution in [1.29, 1.82) is 5.26 Å². The number of hydrogen-bond donors (Lipinski definition) is 1. The molecule has 0 aromatic carbocycles. The molecule has 0 aromatic heterocycles. The van der Waals surface area contributed by atoms with Gasteiger partial charge < -0.3 is 5.40 Å². The quantitative estimate of drug-likeness (QED) is 0.593. The molecule has 0 rings (SSSR count). The first-order chi connectivity index (χ1) is 4.02. The summed E-state index contributed by atoms with van der Waals surface area (Å²) in [6.07, 6.45) is 0.895. The fourth-order valence-corrected chi connectivity index (χ4v) is 2.17. The van der Waals surface area contributed by atoms with Gasteiger partial charge in [-0.2, -0.15) is 5.26 Å². The van der Waals surface area contributed by atoms with Gasteiger partial charge in [0.25, 0.3) is 0 Å². The van der Waals surface area contributed by atoms with Crippen LogP contribution in [0.15, 0.2) is 0 Å². The molecule has 0 heterocycles. The first kappa shape index (κ1) is 8.67. The highest BCUT2D eigenvalue weighted by molar-refractivity contribution is 6.76. The van der Waals surface area contributed by atoms with E-state index in [1.807, 2.05) is 20.0 Å². The minimum Gasteiger partial charge on any atom is -0.350 e. The Hall–Kier alpha value is -0.333. The van der Waals surface area contributed by atoms with Gasteiger partial charge in [-0.1, -0.05) is 20.0 Å². The second-order valence-electron chi connectivity index (χ2n) is 2.91. The second-order valence-corrected chi connectivity index (χ2v) is 7.25. The zero-order valence-electron chi connectivity index (χ0n) is 6.31.